The summed E-state index contributed by atoms with van der Waals surface area (Å²) >= 11 is 0. The third kappa shape index (κ3) is 4.88. The van der Waals surface area contributed by atoms with Crippen molar-refractivity contribution in [3.05, 3.63) is 65.9 Å². The van der Waals surface area contributed by atoms with Crippen LogP contribution in [0.3, 0.4) is 0 Å². The van der Waals surface area contributed by atoms with E-state index in [9.17, 15) is 21.6 Å². The second-order valence-corrected chi connectivity index (χ2v) is 8.64. The minimum absolute atomic E-state index is 0.0911. The van der Waals surface area contributed by atoms with E-state index in [1.807, 2.05) is 0 Å². The number of primary sulfonamides is 1. The summed E-state index contributed by atoms with van der Waals surface area (Å²) in [6, 6.07) is 10.6. The van der Waals surface area contributed by atoms with Crippen LogP contribution in [0.1, 0.15) is 11.1 Å². The Morgan fingerprint density at radius 2 is 1.88 bits per heavy atom. The Morgan fingerprint density at radius 3 is 2.55 bits per heavy atom. The zero-order chi connectivity index (χ0) is 23.8. The first kappa shape index (κ1) is 22.5. The highest BCUT2D eigenvalue weighted by Crippen LogP contribution is 2.31. The van der Waals surface area contributed by atoms with Gasteiger partial charge in [-0.2, -0.15) is 23.3 Å². The van der Waals surface area contributed by atoms with E-state index in [1.165, 1.54) is 41.2 Å². The number of hydrogen-bond donors (Lipinski definition) is 2. The smallest absolute Gasteiger partial charge is 0.366 e. The number of rotatable bonds is 6. The fourth-order valence-corrected chi connectivity index (χ4v) is 3.62. The first-order valence-corrected chi connectivity index (χ1v) is 11.0. The topological polar surface area (TPSA) is 129 Å². The second kappa shape index (κ2) is 8.33. The lowest BCUT2D eigenvalue weighted by Gasteiger charge is -2.10. The molecule has 33 heavy (non-hydrogen) atoms. The highest BCUT2D eigenvalue weighted by Gasteiger charge is 2.30. The number of halogens is 3. The third-order valence-electron chi connectivity index (χ3n) is 4.76. The van der Waals surface area contributed by atoms with Crippen molar-refractivity contribution in [3.8, 4) is 22.8 Å². The van der Waals surface area contributed by atoms with Crippen LogP contribution >= 0.6 is 0 Å². The number of anilines is 1. The van der Waals surface area contributed by atoms with Gasteiger partial charge in [-0.15, -0.1) is 0 Å². The summed E-state index contributed by atoms with van der Waals surface area (Å²) in [5, 5.41) is 16.3. The largest absolute Gasteiger partial charge is 0.416 e. The summed E-state index contributed by atoms with van der Waals surface area (Å²) in [4.78, 5) is 4.22. The van der Waals surface area contributed by atoms with Crippen molar-refractivity contribution >= 4 is 15.8 Å². The average molecular weight is 478 g/mol. The molecule has 13 heteroatoms. The van der Waals surface area contributed by atoms with Gasteiger partial charge in [0.1, 0.15) is 11.4 Å². The number of aromatic nitrogens is 4. The first-order valence-electron chi connectivity index (χ1n) is 9.42. The highest BCUT2D eigenvalue weighted by atomic mass is 32.2. The van der Waals surface area contributed by atoms with Gasteiger partial charge < -0.3 is 9.84 Å². The Hall–Kier alpha value is -3.71. The number of benzene rings is 2. The van der Waals surface area contributed by atoms with Gasteiger partial charge in [-0.05, 0) is 29.8 Å². The van der Waals surface area contributed by atoms with Crippen LogP contribution in [0.15, 0.2) is 64.1 Å². The van der Waals surface area contributed by atoms with Crippen LogP contribution in [-0.4, -0.2) is 28.3 Å². The number of alkyl halides is 3. The molecule has 0 saturated heterocycles. The Bertz CT molecular complexity index is 1400. The van der Waals surface area contributed by atoms with E-state index in [1.54, 1.807) is 13.1 Å². The molecule has 0 fully saturated rings. The number of nitrogens with two attached hydrogens (primary N) is 1. The lowest BCUT2D eigenvalue weighted by Crippen LogP contribution is -2.11. The van der Waals surface area contributed by atoms with Crippen molar-refractivity contribution in [2.24, 2.45) is 12.2 Å². The maximum atomic E-state index is 12.7. The van der Waals surface area contributed by atoms with Crippen LogP contribution < -0.4 is 10.5 Å². The molecule has 2 aromatic heterocycles. The van der Waals surface area contributed by atoms with Crippen LogP contribution in [-0.2, 0) is 29.8 Å². The van der Waals surface area contributed by atoms with Gasteiger partial charge in [-0.25, -0.2) is 13.6 Å². The molecule has 0 unspecified atom stereocenters. The van der Waals surface area contributed by atoms with Crippen LogP contribution in [0.5, 0.6) is 0 Å². The van der Waals surface area contributed by atoms with Gasteiger partial charge >= 0.3 is 6.18 Å². The summed E-state index contributed by atoms with van der Waals surface area (Å²) in [6.45, 7) is 0.224. The van der Waals surface area contributed by atoms with Crippen LogP contribution in [0.25, 0.3) is 22.8 Å². The quantitative estimate of drug-likeness (QED) is 0.434. The average Bonchev–Trinajstić information content (AvgIpc) is 3.38. The first-order chi connectivity index (χ1) is 15.5. The SMILES string of the molecule is Cn1ncc(-c2nc(-c3cccc(S(N)(=O)=O)c3)no2)c1NCc1ccc(C(F)(F)F)cc1. The van der Waals surface area contributed by atoms with E-state index in [0.717, 1.165) is 12.1 Å². The molecule has 0 saturated carbocycles. The molecule has 3 N–H and O–H groups in total. The van der Waals surface area contributed by atoms with Crippen molar-refractivity contribution in [1.82, 2.24) is 19.9 Å². The van der Waals surface area contributed by atoms with E-state index in [4.69, 9.17) is 9.66 Å². The molecule has 0 amide bonds. The number of aryl methyl sites for hydroxylation is 1. The van der Waals surface area contributed by atoms with Gasteiger partial charge in [0.25, 0.3) is 5.89 Å². The van der Waals surface area contributed by atoms with E-state index >= 15 is 0 Å². The molecule has 0 bridgehead atoms. The Labute approximate surface area is 186 Å². The molecule has 0 radical (unpaired) electrons. The van der Waals surface area contributed by atoms with Crippen molar-refractivity contribution in [3.63, 3.8) is 0 Å². The molecule has 2 heterocycles. The van der Waals surface area contributed by atoms with Gasteiger partial charge in [0.15, 0.2) is 0 Å². The van der Waals surface area contributed by atoms with Gasteiger partial charge in [0.05, 0.1) is 16.7 Å². The van der Waals surface area contributed by atoms with Gasteiger partial charge in [0, 0.05) is 19.2 Å². The summed E-state index contributed by atoms with van der Waals surface area (Å²) in [5.74, 6) is 0.769. The molecule has 4 rings (SSSR count). The maximum absolute atomic E-state index is 12.7. The monoisotopic (exact) mass is 478 g/mol. The number of sulfonamides is 1. The molecule has 9 nitrogen and oxygen atoms in total. The molecule has 0 aliphatic rings. The Morgan fingerprint density at radius 1 is 1.15 bits per heavy atom. The lowest BCUT2D eigenvalue weighted by molar-refractivity contribution is -0.137. The van der Waals surface area contributed by atoms with Crippen LogP contribution in [0.2, 0.25) is 0 Å². The fraction of sp³-hybridized carbons (Fsp3) is 0.150. The molecular weight excluding hydrogens is 461 g/mol. The van der Waals surface area contributed by atoms with Crippen molar-refractivity contribution in [2.75, 3.05) is 5.32 Å². The standard InChI is InChI=1S/C20H17F3N6O3S/c1-29-18(25-10-12-5-7-14(8-6-12)20(21,22)23)16(11-26-29)19-27-17(28-32-19)13-3-2-4-15(9-13)33(24,30)31/h2-9,11,25H,10H2,1H3,(H2,24,30,31). The van der Waals surface area contributed by atoms with Crippen LogP contribution in [0.4, 0.5) is 19.0 Å². The van der Waals surface area contributed by atoms with Gasteiger partial charge in [-0.3, -0.25) is 4.68 Å². The molecule has 0 atom stereocenters. The third-order valence-corrected chi connectivity index (χ3v) is 5.67. The van der Waals surface area contributed by atoms with E-state index in [2.05, 4.69) is 20.6 Å². The molecular formula is C20H17F3N6O3S. The van der Waals surface area contributed by atoms with Crippen molar-refractivity contribution in [2.45, 2.75) is 17.6 Å². The predicted octanol–water partition coefficient (Wildman–Crippen LogP) is 3.42. The molecule has 172 valence electrons. The molecule has 0 aliphatic heterocycles. The fourth-order valence-electron chi connectivity index (χ4n) is 3.06. The van der Waals surface area contributed by atoms with Crippen molar-refractivity contribution < 1.29 is 26.1 Å². The summed E-state index contributed by atoms with van der Waals surface area (Å²) in [5.41, 5.74) is 0.754. The van der Waals surface area contributed by atoms with Gasteiger partial charge in [0.2, 0.25) is 15.8 Å². The normalized spacial score (nSPS) is 12.2. The summed E-state index contributed by atoms with van der Waals surface area (Å²) < 4.78 is 68.2. The molecule has 4 aromatic rings. The summed E-state index contributed by atoms with van der Waals surface area (Å²) in [6.07, 6.45) is -2.90. The zero-order valence-electron chi connectivity index (χ0n) is 17.0. The molecule has 0 aliphatic carbocycles. The lowest BCUT2D eigenvalue weighted by atomic mass is 10.1. The zero-order valence-corrected chi connectivity index (χ0v) is 17.9. The number of hydrogen-bond acceptors (Lipinski definition) is 7. The second-order valence-electron chi connectivity index (χ2n) is 7.07. The minimum Gasteiger partial charge on any atom is -0.366 e. The Kier molecular flexibility index (Phi) is 5.68. The summed E-state index contributed by atoms with van der Waals surface area (Å²) in [7, 11) is -2.23. The number of nitrogens with one attached hydrogen (secondary N) is 1. The number of nitrogens with zero attached hydrogens (tertiary/aromatic N) is 4. The minimum atomic E-state index is -4.40. The van der Waals surface area contributed by atoms with Crippen LogP contribution in [0, 0.1) is 0 Å². The predicted molar refractivity (Wildman–Crippen MR) is 112 cm³/mol. The van der Waals surface area contributed by atoms with E-state index < -0.39 is 21.8 Å². The highest BCUT2D eigenvalue weighted by molar-refractivity contribution is 7.89. The Balaban J connectivity index is 1.56. The van der Waals surface area contributed by atoms with Crippen molar-refractivity contribution in [1.29, 1.82) is 0 Å². The van der Waals surface area contributed by atoms with Gasteiger partial charge in [-0.1, -0.05) is 29.4 Å². The van der Waals surface area contributed by atoms with E-state index in [0.29, 0.717) is 22.5 Å². The maximum Gasteiger partial charge on any atom is 0.416 e. The molecule has 2 aromatic carbocycles. The van der Waals surface area contributed by atoms with E-state index in [-0.39, 0.29) is 23.2 Å². The molecule has 0 spiro atoms.